The average Bonchev–Trinajstić information content (AvgIpc) is 3.79. The Kier molecular flexibility index (Phi) is 11.6. The highest BCUT2D eigenvalue weighted by Gasteiger charge is 2.76. The van der Waals surface area contributed by atoms with Crippen molar-refractivity contribution in [1.29, 1.82) is 0 Å². The van der Waals surface area contributed by atoms with Gasteiger partial charge in [0.15, 0.2) is 17.7 Å². The number of hydrogen-bond donors (Lipinski definition) is 5. The van der Waals surface area contributed by atoms with Crippen LogP contribution < -0.4 is 5.32 Å². The van der Waals surface area contributed by atoms with Gasteiger partial charge in [0.05, 0.1) is 24.9 Å². The van der Waals surface area contributed by atoms with E-state index in [1.807, 2.05) is 74.5 Å². The number of alkyl carbamates (subject to hydrolysis) is 1. The summed E-state index contributed by atoms with van der Waals surface area (Å²) in [6.07, 6.45) is 5.07. The van der Waals surface area contributed by atoms with Crippen LogP contribution in [0.4, 0.5) is 4.79 Å². The molecule has 5 aliphatic carbocycles. The van der Waals surface area contributed by atoms with E-state index in [1.54, 1.807) is 6.08 Å². The molecule has 1 aliphatic heterocycles. The number of fused-ring (bicyclic) bond motifs is 10. The van der Waals surface area contributed by atoms with Crippen molar-refractivity contribution >= 4 is 27.5 Å². The summed E-state index contributed by atoms with van der Waals surface area (Å²) in [4.78, 5) is 47.8. The Hall–Kier alpha value is -3.04. The highest BCUT2D eigenvalue weighted by Crippen LogP contribution is 2.70. The molecule has 0 radical (unpaired) electrons. The Balaban J connectivity index is 0.868. The van der Waals surface area contributed by atoms with E-state index in [2.05, 4.69) is 16.6 Å². The number of carbonyl (C=O) groups excluding carboxylic acids is 2. The van der Waals surface area contributed by atoms with Gasteiger partial charge in [-0.25, -0.2) is 13.9 Å². The number of Topliss-reactive ketones (excluding diaryl/α,β-unsaturated/α-hetero) is 1. The number of ether oxygens (including phenoxy) is 3. The van der Waals surface area contributed by atoms with E-state index in [-0.39, 0.29) is 43.2 Å². The molecule has 3 saturated carbocycles. The Morgan fingerprint density at radius 3 is 2.36 bits per heavy atom. The molecule has 4 fully saturated rings. The second-order valence-corrected chi connectivity index (χ2v) is 20.1. The molecular weight excluding hydrogens is 804 g/mol. The molecule has 1 amide bonds. The molecule has 5 N–H and O–H groups in total. The first-order chi connectivity index (χ1) is 28.0. The lowest BCUT2D eigenvalue weighted by atomic mass is 9.46. The molecule has 0 aromatic heterocycles. The molecule has 320 valence electrons. The van der Waals surface area contributed by atoms with E-state index < -0.39 is 81.8 Å². The van der Waals surface area contributed by atoms with E-state index in [9.17, 15) is 38.7 Å². The van der Waals surface area contributed by atoms with Crippen LogP contribution in [0.1, 0.15) is 76.3 Å². The topological polar surface area (TPSA) is 217 Å². The van der Waals surface area contributed by atoms with Crippen LogP contribution in [0.15, 0.2) is 72.3 Å². The van der Waals surface area contributed by atoms with Gasteiger partial charge in [0, 0.05) is 29.2 Å². The maximum atomic E-state index is 14.4. The molecule has 0 bridgehead atoms. The molecule has 2 aromatic carbocycles. The minimum Gasteiger partial charge on any atom is -0.449 e. The Morgan fingerprint density at radius 1 is 0.983 bits per heavy atom. The number of nitrogens with one attached hydrogen (secondary N) is 1. The van der Waals surface area contributed by atoms with Gasteiger partial charge in [0.2, 0.25) is 0 Å². The lowest BCUT2D eigenvalue weighted by Crippen LogP contribution is -2.63. The summed E-state index contributed by atoms with van der Waals surface area (Å²) in [6, 6.07) is 15.7. The first kappa shape index (κ1) is 42.6. The molecule has 17 heteroatoms. The fourth-order valence-electron chi connectivity index (χ4n) is 11.5. The number of amides is 1. The van der Waals surface area contributed by atoms with Crippen molar-refractivity contribution in [2.45, 2.75) is 95.4 Å². The molecule has 6 aliphatic rings. The normalized spacial score (nSPS) is 36.1. The molecule has 12 atom stereocenters. The van der Waals surface area contributed by atoms with E-state index in [1.165, 1.54) is 0 Å². The summed E-state index contributed by atoms with van der Waals surface area (Å²) in [7, 11) is -10.6. The number of aliphatic hydroxyl groups excluding tert-OH is 2. The number of ketones is 1. The number of carbonyl (C=O) groups is 2. The second-order valence-electron chi connectivity index (χ2n) is 17.1. The standard InChI is InChI=1S/C42H53NO14P2/c1-4-9-37-55-36-21-33-31-15-14-25-20-26(44)16-17-40(25,2)38(31)34(45)22-41(33,3)42(36,56-37)35(46)24-54-59(50,51)57-58(48,49)53-19-18-43-39(47)52-23-32-29-12-7-5-10-27(29)28-11-6-8-13-30(28)32/h5-8,10-13,16-17,20,26,31-34,36-38,44-45H,4,9,14-15,18-19,21-24H2,1-3H3,(H,43,47)(H,48,49)(H,50,51)/t26?,31-,33-,34-,36+,37?,38+,40-,41-,42+/m0/s1. The Morgan fingerprint density at radius 2 is 1.66 bits per heavy atom. The van der Waals surface area contributed by atoms with Crippen molar-refractivity contribution < 1.29 is 66.3 Å². The number of aliphatic hydroxyl groups is 2. The van der Waals surface area contributed by atoms with E-state index in [0.717, 1.165) is 34.2 Å². The van der Waals surface area contributed by atoms with Gasteiger partial charge < -0.3 is 39.5 Å². The van der Waals surface area contributed by atoms with E-state index in [4.69, 9.17) is 23.3 Å². The number of benzene rings is 2. The summed E-state index contributed by atoms with van der Waals surface area (Å²) >= 11 is 0. The maximum absolute atomic E-state index is 14.4. The minimum absolute atomic E-state index is 0.0258. The van der Waals surface area contributed by atoms with Crippen molar-refractivity contribution in [2.75, 3.05) is 26.4 Å². The Labute approximate surface area is 343 Å². The first-order valence-electron chi connectivity index (χ1n) is 20.4. The van der Waals surface area contributed by atoms with Crippen molar-refractivity contribution in [3.05, 3.63) is 83.5 Å². The molecule has 1 saturated heterocycles. The van der Waals surface area contributed by atoms with Crippen LogP contribution in [0, 0.1) is 28.6 Å². The molecule has 8 rings (SSSR count). The molecule has 1 heterocycles. The largest absolute Gasteiger partial charge is 0.481 e. The zero-order valence-corrected chi connectivity index (χ0v) is 35.1. The van der Waals surface area contributed by atoms with Gasteiger partial charge in [-0.15, -0.1) is 0 Å². The molecular formula is C42H53NO14P2. The number of phosphoric ester groups is 2. The lowest BCUT2D eigenvalue weighted by molar-refractivity contribution is -0.200. The van der Waals surface area contributed by atoms with Gasteiger partial charge >= 0.3 is 21.7 Å². The van der Waals surface area contributed by atoms with Crippen LogP contribution in [0.3, 0.4) is 0 Å². The summed E-state index contributed by atoms with van der Waals surface area (Å²) in [5.41, 5.74) is 2.18. The second kappa shape index (κ2) is 16.0. The van der Waals surface area contributed by atoms with Crippen molar-refractivity contribution in [3.8, 4) is 11.1 Å². The van der Waals surface area contributed by atoms with Crippen molar-refractivity contribution in [2.24, 2.45) is 28.6 Å². The van der Waals surface area contributed by atoms with Gasteiger partial charge in [-0.3, -0.25) is 13.8 Å². The first-order valence-corrected chi connectivity index (χ1v) is 23.4. The third-order valence-electron chi connectivity index (χ3n) is 13.9. The highest BCUT2D eigenvalue weighted by atomic mass is 31.3. The molecule has 15 nitrogen and oxygen atoms in total. The van der Waals surface area contributed by atoms with Crippen molar-refractivity contribution in [3.63, 3.8) is 0 Å². The van der Waals surface area contributed by atoms with Gasteiger partial charge in [-0.1, -0.05) is 99.5 Å². The smallest absolute Gasteiger partial charge is 0.449 e. The molecule has 2 aromatic rings. The lowest BCUT2D eigenvalue weighted by Gasteiger charge is -2.60. The number of rotatable bonds is 14. The summed E-state index contributed by atoms with van der Waals surface area (Å²) in [6.45, 7) is 4.07. The third kappa shape index (κ3) is 7.54. The van der Waals surface area contributed by atoms with Crippen LogP contribution in [-0.2, 0) is 41.5 Å². The van der Waals surface area contributed by atoms with Crippen molar-refractivity contribution in [1.82, 2.24) is 5.32 Å². The predicted octanol–water partition coefficient (Wildman–Crippen LogP) is 6.31. The van der Waals surface area contributed by atoms with Gasteiger partial charge in [-0.05, 0) is 66.2 Å². The summed E-state index contributed by atoms with van der Waals surface area (Å²) in [5.74, 6) is -1.22. The van der Waals surface area contributed by atoms with Crippen LogP contribution in [0.2, 0.25) is 0 Å². The zero-order chi connectivity index (χ0) is 42.0. The van der Waals surface area contributed by atoms with E-state index in [0.29, 0.717) is 25.7 Å². The number of hydrogen-bond acceptors (Lipinski definition) is 12. The molecule has 4 unspecified atom stereocenters. The van der Waals surface area contributed by atoms with Crippen LogP contribution in [-0.4, -0.2) is 88.4 Å². The number of phosphoric acid groups is 2. The van der Waals surface area contributed by atoms with Gasteiger partial charge in [-0.2, -0.15) is 4.31 Å². The summed E-state index contributed by atoms with van der Waals surface area (Å²) in [5, 5.41) is 24.7. The fraction of sp³-hybridized carbons (Fsp3) is 0.571. The van der Waals surface area contributed by atoms with Crippen LogP contribution in [0.25, 0.3) is 11.1 Å². The molecule has 59 heavy (non-hydrogen) atoms. The fourth-order valence-corrected chi connectivity index (χ4v) is 13.5. The average molecular weight is 858 g/mol. The predicted molar refractivity (Wildman–Crippen MR) is 212 cm³/mol. The van der Waals surface area contributed by atoms with Crippen LogP contribution in [0.5, 0.6) is 0 Å². The minimum atomic E-state index is -5.40. The maximum Gasteiger partial charge on any atom is 0.481 e. The summed E-state index contributed by atoms with van der Waals surface area (Å²) < 4.78 is 58.6. The quantitative estimate of drug-likeness (QED) is 0.0800. The molecule has 0 spiro atoms. The monoisotopic (exact) mass is 857 g/mol. The van der Waals surface area contributed by atoms with Gasteiger partial charge in [0.1, 0.15) is 13.2 Å². The third-order valence-corrected chi connectivity index (χ3v) is 16.5. The zero-order valence-electron chi connectivity index (χ0n) is 33.3. The van der Waals surface area contributed by atoms with E-state index >= 15 is 0 Å². The number of allylic oxidation sites excluding steroid dienone is 2. The van der Waals surface area contributed by atoms with Gasteiger partial charge in [0.25, 0.3) is 0 Å². The Bertz CT molecular complexity index is 2080. The SMILES string of the molecule is CCCC1O[C@@H]2C[C@H]3[C@@H]4CCC5=CC(O)C=C[C@]5(C)[C@H]4[C@@H](O)C[C@]3(C)[C@]2(C(=O)COP(=O)(O)OP(=O)(O)OCCNC(=O)OCC2c3ccccc3-c3ccccc32)O1. The van der Waals surface area contributed by atoms with Crippen LogP contribution >= 0.6 is 15.6 Å². The highest BCUT2D eigenvalue weighted by molar-refractivity contribution is 7.61.